The smallest absolute Gasteiger partial charge is 0.166 e. The quantitative estimate of drug-likeness (QED) is 0.145. The van der Waals surface area contributed by atoms with Crippen molar-refractivity contribution in [3.63, 3.8) is 0 Å². The van der Waals surface area contributed by atoms with Gasteiger partial charge in [0, 0.05) is 0 Å². The Labute approximate surface area is 303 Å². The number of alkyl halides is 6. The molecule has 6 aliphatic carbocycles. The maximum Gasteiger partial charge on any atom is 0.166 e. The van der Waals surface area contributed by atoms with Crippen LogP contribution < -0.4 is 0 Å². The van der Waals surface area contributed by atoms with E-state index in [2.05, 4.69) is 0 Å². The van der Waals surface area contributed by atoms with E-state index in [0.717, 1.165) is 6.42 Å². The summed E-state index contributed by atoms with van der Waals surface area (Å²) in [6, 6.07) is 0. The minimum absolute atomic E-state index is 0.0467. The van der Waals surface area contributed by atoms with Crippen molar-refractivity contribution in [3.05, 3.63) is 50.3 Å². The third-order valence-corrected chi connectivity index (χ3v) is 18.8. The Bertz CT molecular complexity index is 1260. The number of hydrogen-bond donors (Lipinski definition) is 0. The van der Waals surface area contributed by atoms with E-state index in [1.165, 1.54) is 0 Å². The molecular weight excluding hydrogens is 847 g/mol. The lowest BCUT2D eigenvalue weighted by molar-refractivity contribution is 0.237. The fraction of sp³-hybridized carbons (Fsp3) is 0.545. The summed E-state index contributed by atoms with van der Waals surface area (Å²) >= 11 is 101. The summed E-state index contributed by atoms with van der Waals surface area (Å²) in [4.78, 5) is -5.79. The average Bonchev–Trinajstić information content (AvgIpc) is 3.35. The Hall–Kier alpha value is 3.30. The molecule has 8 atom stereocenters. The van der Waals surface area contributed by atoms with Crippen molar-refractivity contribution in [2.45, 2.75) is 42.5 Å². The SMILES string of the molecule is ClC1=C(Cl)C(Cl)(C2(Cl)C(Cl)=C(Cl)C(Cl)=C2Cl)C(Cl)=C1Cl.ClC1=C(Cl)C2(Cl)C3C4CC(C5OC45)C3C1(Cl)C2(Cl)Cl. The standard InChI is InChI=1S/C12H8Cl6O.C10Cl10/c13-8-9(14)11(16)5-3-1-2(6-7(3)19-6)4(5)10(8,15)12(11,17)18;11-1-2(12)6(16)9(19,5(1)15)10(20)7(17)3(13)4(14)8(10)18/h2-7H,1H2;. The summed E-state index contributed by atoms with van der Waals surface area (Å²) in [5.74, 6) is 0.776. The maximum atomic E-state index is 6.82. The molecule has 214 valence electrons. The molecule has 0 amide bonds. The summed E-state index contributed by atoms with van der Waals surface area (Å²) in [5, 5.41) is -0.0821. The molecule has 7 aliphatic rings. The molecule has 7 rings (SSSR count). The van der Waals surface area contributed by atoms with Crippen LogP contribution in [0.3, 0.4) is 0 Å². The van der Waals surface area contributed by atoms with Gasteiger partial charge in [-0.15, -0.1) is 46.4 Å². The van der Waals surface area contributed by atoms with E-state index >= 15 is 0 Å². The van der Waals surface area contributed by atoms with Crippen molar-refractivity contribution in [2.24, 2.45) is 23.7 Å². The van der Waals surface area contributed by atoms with E-state index < -0.39 is 23.8 Å². The summed E-state index contributed by atoms with van der Waals surface area (Å²) in [6.45, 7) is 0. The van der Waals surface area contributed by atoms with Crippen molar-refractivity contribution in [1.82, 2.24) is 0 Å². The molecule has 0 N–H and O–H groups in total. The first-order valence-electron chi connectivity index (χ1n) is 10.9. The number of halogens is 16. The molecule has 1 nitrogen and oxygen atoms in total. The zero-order valence-corrected chi connectivity index (χ0v) is 30.2. The zero-order chi connectivity index (χ0) is 29.2. The van der Waals surface area contributed by atoms with Gasteiger partial charge in [0.15, 0.2) is 4.33 Å². The Morgan fingerprint density at radius 2 is 0.744 bits per heavy atom. The Morgan fingerprint density at radius 1 is 0.462 bits per heavy atom. The highest BCUT2D eigenvalue weighted by Crippen LogP contribution is 2.84. The first-order valence-corrected chi connectivity index (χ1v) is 16.9. The molecule has 0 aromatic heterocycles. The van der Waals surface area contributed by atoms with Crippen molar-refractivity contribution < 1.29 is 4.74 Å². The molecule has 0 spiro atoms. The highest BCUT2D eigenvalue weighted by atomic mass is 35.5. The van der Waals surface area contributed by atoms with Crippen molar-refractivity contribution in [3.8, 4) is 0 Å². The van der Waals surface area contributed by atoms with Crippen LogP contribution in [0.5, 0.6) is 0 Å². The highest BCUT2D eigenvalue weighted by molar-refractivity contribution is 6.67. The Morgan fingerprint density at radius 3 is 1.03 bits per heavy atom. The molecule has 0 aromatic carbocycles. The minimum atomic E-state index is -1.81. The van der Waals surface area contributed by atoms with Crippen LogP contribution in [0.4, 0.5) is 0 Å². The summed E-state index contributed by atoms with van der Waals surface area (Å²) < 4.78 is 4.35. The summed E-state index contributed by atoms with van der Waals surface area (Å²) in [6.07, 6.45) is 1.63. The lowest BCUT2D eigenvalue weighted by atomic mass is 9.73. The first-order chi connectivity index (χ1) is 17.8. The van der Waals surface area contributed by atoms with Crippen molar-refractivity contribution in [2.75, 3.05) is 0 Å². The molecule has 1 saturated heterocycles. The number of epoxide rings is 1. The van der Waals surface area contributed by atoms with E-state index in [4.69, 9.17) is 190 Å². The molecule has 8 unspecified atom stereocenters. The van der Waals surface area contributed by atoms with Gasteiger partial charge in [-0.3, -0.25) is 0 Å². The lowest BCUT2D eigenvalue weighted by Crippen LogP contribution is -2.46. The van der Waals surface area contributed by atoms with E-state index in [9.17, 15) is 0 Å². The number of fused-ring (bicyclic) bond motifs is 12. The summed E-state index contributed by atoms with van der Waals surface area (Å²) in [5.41, 5.74) is 0. The van der Waals surface area contributed by atoms with Crippen LogP contribution in [0.2, 0.25) is 0 Å². The molecule has 0 aromatic rings. The van der Waals surface area contributed by atoms with Gasteiger partial charge in [-0.25, -0.2) is 0 Å². The molecule has 4 bridgehead atoms. The Balaban J connectivity index is 0.000000142. The van der Waals surface area contributed by atoms with Gasteiger partial charge in [-0.2, -0.15) is 0 Å². The topological polar surface area (TPSA) is 12.5 Å². The van der Waals surface area contributed by atoms with Gasteiger partial charge in [0.1, 0.15) is 19.5 Å². The highest BCUT2D eigenvalue weighted by Gasteiger charge is 2.89. The minimum Gasteiger partial charge on any atom is -0.369 e. The second-order valence-corrected chi connectivity index (χ2v) is 17.6. The molecule has 39 heavy (non-hydrogen) atoms. The lowest BCUT2D eigenvalue weighted by Gasteiger charge is -2.38. The van der Waals surface area contributed by atoms with Crippen molar-refractivity contribution >= 4 is 186 Å². The third-order valence-electron chi connectivity index (χ3n) is 8.76. The number of hydrogen-bond acceptors (Lipinski definition) is 1. The van der Waals surface area contributed by atoms with E-state index in [-0.39, 0.29) is 64.3 Å². The largest absolute Gasteiger partial charge is 0.369 e. The third kappa shape index (κ3) is 3.43. The molecule has 1 aliphatic heterocycles. The van der Waals surface area contributed by atoms with Crippen LogP contribution in [0, 0.1) is 23.7 Å². The number of rotatable bonds is 1. The van der Waals surface area contributed by atoms with E-state index in [1.807, 2.05) is 0 Å². The predicted octanol–water partition coefficient (Wildman–Crippen LogP) is 12.2. The maximum absolute atomic E-state index is 6.82. The van der Waals surface area contributed by atoms with Gasteiger partial charge < -0.3 is 4.74 Å². The van der Waals surface area contributed by atoms with Gasteiger partial charge in [-0.1, -0.05) is 139 Å². The zero-order valence-electron chi connectivity index (χ0n) is 18.1. The summed E-state index contributed by atoms with van der Waals surface area (Å²) in [7, 11) is 0. The fourth-order valence-corrected chi connectivity index (χ4v) is 13.9. The second kappa shape index (κ2) is 9.67. The van der Waals surface area contributed by atoms with Gasteiger partial charge in [-0.05, 0) is 30.1 Å². The van der Waals surface area contributed by atoms with Gasteiger partial charge in [0.05, 0.1) is 62.5 Å². The van der Waals surface area contributed by atoms with Gasteiger partial charge in [0.2, 0.25) is 0 Å². The molecule has 3 saturated carbocycles. The number of ether oxygens (including phenoxy) is 1. The molecule has 1 heterocycles. The van der Waals surface area contributed by atoms with Crippen molar-refractivity contribution in [1.29, 1.82) is 0 Å². The first kappa shape index (κ1) is 32.2. The van der Waals surface area contributed by atoms with E-state index in [0.29, 0.717) is 21.9 Å². The van der Waals surface area contributed by atoms with Crippen LogP contribution in [0.15, 0.2) is 50.3 Å². The van der Waals surface area contributed by atoms with Crippen LogP contribution in [0.25, 0.3) is 0 Å². The van der Waals surface area contributed by atoms with Crippen LogP contribution in [0.1, 0.15) is 6.42 Å². The normalized spacial score (nSPS) is 45.5. The molecule has 17 heteroatoms. The molecular formula is C22H8Cl16O. The van der Waals surface area contributed by atoms with Crippen LogP contribution >= 0.6 is 186 Å². The fourth-order valence-electron chi connectivity index (χ4n) is 7.09. The predicted molar refractivity (Wildman–Crippen MR) is 170 cm³/mol. The monoisotopic (exact) mass is 848 g/mol. The van der Waals surface area contributed by atoms with E-state index in [1.54, 1.807) is 0 Å². The number of allylic oxidation sites excluding steroid dienone is 10. The molecule has 0 radical (unpaired) electrons. The second-order valence-electron chi connectivity index (χ2n) is 10.1. The van der Waals surface area contributed by atoms with Gasteiger partial charge >= 0.3 is 0 Å². The Kier molecular flexibility index (Phi) is 7.99. The molecule has 4 fully saturated rings. The average molecular weight is 856 g/mol. The van der Waals surface area contributed by atoms with Gasteiger partial charge in [0.25, 0.3) is 0 Å². The van der Waals surface area contributed by atoms with Crippen LogP contribution in [-0.4, -0.2) is 36.0 Å². The van der Waals surface area contributed by atoms with Crippen LogP contribution in [-0.2, 0) is 4.74 Å².